The second-order valence-electron chi connectivity index (χ2n) is 2.90. The van der Waals surface area contributed by atoms with Crippen molar-refractivity contribution in [3.05, 3.63) is 42.0 Å². The fourth-order valence-electron chi connectivity index (χ4n) is 1.05. The van der Waals surface area contributed by atoms with Crippen LogP contribution in [0.3, 0.4) is 0 Å². The molecular formula is C11H11NO2. The smallest absolute Gasteiger partial charge is 0.221 e. The predicted molar refractivity (Wildman–Crippen MR) is 54.7 cm³/mol. The van der Waals surface area contributed by atoms with Crippen LogP contribution < -0.4 is 5.32 Å². The predicted octanol–water partition coefficient (Wildman–Crippen LogP) is 1.61. The van der Waals surface area contributed by atoms with Crippen LogP contribution in [-0.2, 0) is 4.79 Å². The summed E-state index contributed by atoms with van der Waals surface area (Å²) in [5.41, 5.74) is 1.94. The summed E-state index contributed by atoms with van der Waals surface area (Å²) < 4.78 is 0. The van der Waals surface area contributed by atoms with E-state index in [9.17, 15) is 9.59 Å². The number of rotatable bonds is 3. The van der Waals surface area contributed by atoms with E-state index in [4.69, 9.17) is 0 Å². The lowest BCUT2D eigenvalue weighted by Gasteiger charge is -2.05. The Morgan fingerprint density at radius 1 is 1.36 bits per heavy atom. The first kappa shape index (κ1) is 10.2. The SMILES string of the molecule is C=C(NC(C)=O)c1ccc(C=O)cc1. The summed E-state index contributed by atoms with van der Waals surface area (Å²) in [5.74, 6) is -0.158. The minimum atomic E-state index is -0.158. The highest BCUT2D eigenvalue weighted by Gasteiger charge is 1.99. The highest BCUT2D eigenvalue weighted by atomic mass is 16.1. The first-order valence-electron chi connectivity index (χ1n) is 4.15. The molecule has 1 amide bonds. The molecule has 1 rings (SSSR count). The Morgan fingerprint density at radius 3 is 2.36 bits per heavy atom. The fraction of sp³-hybridized carbons (Fsp3) is 0.0909. The van der Waals surface area contributed by atoms with Crippen molar-refractivity contribution in [1.82, 2.24) is 5.32 Å². The molecule has 0 saturated carbocycles. The Morgan fingerprint density at radius 2 is 1.93 bits per heavy atom. The molecule has 0 bridgehead atoms. The Kier molecular flexibility index (Phi) is 3.18. The molecule has 1 aromatic rings. The van der Waals surface area contributed by atoms with Crippen LogP contribution in [0, 0.1) is 0 Å². The van der Waals surface area contributed by atoms with Crippen molar-refractivity contribution >= 4 is 17.9 Å². The lowest BCUT2D eigenvalue weighted by Crippen LogP contribution is -2.17. The maximum absolute atomic E-state index is 10.7. The second-order valence-corrected chi connectivity index (χ2v) is 2.90. The van der Waals surface area contributed by atoms with Gasteiger partial charge >= 0.3 is 0 Å². The van der Waals surface area contributed by atoms with Crippen LogP contribution in [0.5, 0.6) is 0 Å². The van der Waals surface area contributed by atoms with Crippen molar-refractivity contribution in [1.29, 1.82) is 0 Å². The molecule has 3 heteroatoms. The summed E-state index contributed by atoms with van der Waals surface area (Å²) in [6.07, 6.45) is 0.769. The lowest BCUT2D eigenvalue weighted by molar-refractivity contribution is -0.117. The van der Waals surface area contributed by atoms with Gasteiger partial charge in [-0.15, -0.1) is 0 Å². The summed E-state index contributed by atoms with van der Waals surface area (Å²) >= 11 is 0. The summed E-state index contributed by atoms with van der Waals surface area (Å²) in [4.78, 5) is 21.1. The molecule has 1 aromatic carbocycles. The molecule has 72 valence electrons. The zero-order chi connectivity index (χ0) is 10.6. The van der Waals surface area contributed by atoms with E-state index in [0.717, 1.165) is 11.8 Å². The third-order valence-corrected chi connectivity index (χ3v) is 1.72. The molecule has 0 aromatic heterocycles. The van der Waals surface area contributed by atoms with E-state index in [0.29, 0.717) is 11.3 Å². The molecule has 3 nitrogen and oxygen atoms in total. The van der Waals surface area contributed by atoms with Gasteiger partial charge in [-0.25, -0.2) is 0 Å². The molecule has 0 aliphatic heterocycles. The number of carbonyl (C=O) groups is 2. The van der Waals surface area contributed by atoms with Gasteiger partial charge in [0.2, 0.25) is 5.91 Å². The van der Waals surface area contributed by atoms with Gasteiger partial charge in [0.05, 0.1) is 0 Å². The van der Waals surface area contributed by atoms with Gasteiger partial charge < -0.3 is 5.32 Å². The van der Waals surface area contributed by atoms with Crippen molar-refractivity contribution in [3.8, 4) is 0 Å². The summed E-state index contributed by atoms with van der Waals surface area (Å²) in [5, 5.41) is 2.57. The first-order valence-corrected chi connectivity index (χ1v) is 4.15. The van der Waals surface area contributed by atoms with Gasteiger partial charge in [0.15, 0.2) is 0 Å². The fourth-order valence-corrected chi connectivity index (χ4v) is 1.05. The van der Waals surface area contributed by atoms with Crippen molar-refractivity contribution in [3.63, 3.8) is 0 Å². The average Bonchev–Trinajstić information content (AvgIpc) is 2.17. The van der Waals surface area contributed by atoms with Crippen LogP contribution in [0.2, 0.25) is 0 Å². The largest absolute Gasteiger partial charge is 0.326 e. The second kappa shape index (κ2) is 4.37. The molecule has 14 heavy (non-hydrogen) atoms. The normalized spacial score (nSPS) is 9.21. The van der Waals surface area contributed by atoms with Crippen molar-refractivity contribution in [2.75, 3.05) is 0 Å². The van der Waals surface area contributed by atoms with E-state index in [1.165, 1.54) is 6.92 Å². The standard InChI is InChI=1S/C11H11NO2/c1-8(12-9(2)14)11-5-3-10(7-13)4-6-11/h3-7H,1H2,2H3,(H,12,14). The average molecular weight is 189 g/mol. The van der Waals surface area contributed by atoms with E-state index < -0.39 is 0 Å². The number of benzene rings is 1. The number of carbonyl (C=O) groups excluding carboxylic acids is 2. The van der Waals surface area contributed by atoms with Gasteiger partial charge in [-0.05, 0) is 5.56 Å². The summed E-state index contributed by atoms with van der Waals surface area (Å²) in [6, 6.07) is 6.83. The van der Waals surface area contributed by atoms with Crippen LogP contribution in [0.4, 0.5) is 0 Å². The Labute approximate surface area is 82.4 Å². The van der Waals surface area contributed by atoms with Gasteiger partial charge in [-0.1, -0.05) is 30.8 Å². The van der Waals surface area contributed by atoms with Crippen LogP contribution in [0.25, 0.3) is 5.70 Å². The van der Waals surface area contributed by atoms with Gasteiger partial charge in [-0.2, -0.15) is 0 Å². The van der Waals surface area contributed by atoms with Crippen LogP contribution in [-0.4, -0.2) is 12.2 Å². The van der Waals surface area contributed by atoms with E-state index >= 15 is 0 Å². The molecule has 0 aliphatic rings. The van der Waals surface area contributed by atoms with E-state index in [1.807, 2.05) is 0 Å². The van der Waals surface area contributed by atoms with Crippen LogP contribution >= 0.6 is 0 Å². The van der Waals surface area contributed by atoms with Gasteiger partial charge in [0.1, 0.15) is 6.29 Å². The molecule has 0 spiro atoms. The molecule has 0 fully saturated rings. The Balaban J connectivity index is 2.81. The van der Waals surface area contributed by atoms with E-state index in [2.05, 4.69) is 11.9 Å². The third kappa shape index (κ3) is 2.55. The molecule has 0 atom stereocenters. The minimum Gasteiger partial charge on any atom is -0.326 e. The number of amides is 1. The maximum atomic E-state index is 10.7. The van der Waals surface area contributed by atoms with Crippen molar-refractivity contribution in [2.24, 2.45) is 0 Å². The number of aldehydes is 1. The summed E-state index contributed by atoms with van der Waals surface area (Å²) in [6.45, 7) is 5.12. The highest BCUT2D eigenvalue weighted by molar-refractivity contribution is 5.84. The number of hydrogen-bond donors (Lipinski definition) is 1. The molecule has 1 N–H and O–H groups in total. The molecule has 0 heterocycles. The van der Waals surface area contributed by atoms with Gasteiger partial charge in [-0.3, -0.25) is 9.59 Å². The first-order chi connectivity index (χ1) is 6.63. The number of hydrogen-bond acceptors (Lipinski definition) is 2. The van der Waals surface area contributed by atoms with Gasteiger partial charge in [0.25, 0.3) is 0 Å². The monoisotopic (exact) mass is 189 g/mol. The molecule has 0 aliphatic carbocycles. The maximum Gasteiger partial charge on any atom is 0.221 e. The van der Waals surface area contributed by atoms with Crippen molar-refractivity contribution in [2.45, 2.75) is 6.92 Å². The van der Waals surface area contributed by atoms with Crippen LogP contribution in [0.1, 0.15) is 22.8 Å². The lowest BCUT2D eigenvalue weighted by atomic mass is 10.1. The van der Waals surface area contributed by atoms with Crippen molar-refractivity contribution < 1.29 is 9.59 Å². The van der Waals surface area contributed by atoms with Gasteiger partial charge in [0, 0.05) is 18.2 Å². The number of nitrogens with one attached hydrogen (secondary N) is 1. The van der Waals surface area contributed by atoms with E-state index in [1.54, 1.807) is 24.3 Å². The topological polar surface area (TPSA) is 46.2 Å². The van der Waals surface area contributed by atoms with E-state index in [-0.39, 0.29) is 5.91 Å². The zero-order valence-corrected chi connectivity index (χ0v) is 7.91. The molecule has 0 saturated heterocycles. The van der Waals surface area contributed by atoms with Crippen LogP contribution in [0.15, 0.2) is 30.8 Å². The minimum absolute atomic E-state index is 0.158. The Bertz CT molecular complexity index is 365. The third-order valence-electron chi connectivity index (χ3n) is 1.72. The zero-order valence-electron chi connectivity index (χ0n) is 7.91. The molecular weight excluding hydrogens is 178 g/mol. The molecule has 0 radical (unpaired) electrons. The Hall–Kier alpha value is -1.90. The quantitative estimate of drug-likeness (QED) is 0.734. The highest BCUT2D eigenvalue weighted by Crippen LogP contribution is 2.09. The summed E-state index contributed by atoms with van der Waals surface area (Å²) in [7, 11) is 0. The molecule has 0 unspecified atom stereocenters.